The van der Waals surface area contributed by atoms with E-state index in [1.807, 2.05) is 70.4 Å². The number of carbonyl (C=O) groups excluding carboxylic acids is 1. The molecule has 0 bridgehead atoms. The van der Waals surface area contributed by atoms with E-state index in [2.05, 4.69) is 64.5 Å². The van der Waals surface area contributed by atoms with Gasteiger partial charge in [0.25, 0.3) is 5.91 Å². The second-order valence-corrected chi connectivity index (χ2v) is 17.6. The largest absolute Gasteiger partial charge is 0.497 e. The SMILES string of the molecule is COc1ccc([Si](C)(C)[C@H]2[C@H](CCn3cc(CCO)nn3)O[C@@]3(C(=O)N(c4ccccc4)c4ccc(Br)cc43)[C@@H]2C)cc1. The third-order valence-corrected chi connectivity index (χ3v) is 14.2. The topological polar surface area (TPSA) is 89.7 Å². The van der Waals surface area contributed by atoms with Crippen LogP contribution in [0.15, 0.2) is 83.5 Å². The number of halogens is 1. The second-order valence-electron chi connectivity index (χ2n) is 12.0. The van der Waals surface area contributed by atoms with Gasteiger partial charge < -0.3 is 14.6 Å². The fourth-order valence-corrected chi connectivity index (χ4v) is 11.7. The Kier molecular flexibility index (Phi) is 8.06. The van der Waals surface area contributed by atoms with Gasteiger partial charge in [0.2, 0.25) is 0 Å². The number of aromatic nitrogens is 3. The molecule has 3 heterocycles. The Morgan fingerprint density at radius 3 is 2.53 bits per heavy atom. The first kappa shape index (κ1) is 29.7. The Morgan fingerprint density at radius 1 is 1.09 bits per heavy atom. The molecule has 43 heavy (non-hydrogen) atoms. The average molecular weight is 662 g/mol. The van der Waals surface area contributed by atoms with Crippen LogP contribution in [0, 0.1) is 5.92 Å². The summed E-state index contributed by atoms with van der Waals surface area (Å²) in [4.78, 5) is 16.7. The number of nitrogens with zero attached hydrogens (tertiary/aromatic N) is 4. The molecule has 2 aliphatic rings. The number of aryl methyl sites for hydroxylation is 1. The highest BCUT2D eigenvalue weighted by molar-refractivity contribution is 9.10. The molecule has 0 aliphatic carbocycles. The van der Waals surface area contributed by atoms with Gasteiger partial charge in [0.15, 0.2) is 5.60 Å². The minimum absolute atomic E-state index is 0.0309. The van der Waals surface area contributed by atoms with Crippen molar-refractivity contribution in [3.63, 3.8) is 0 Å². The van der Waals surface area contributed by atoms with Gasteiger partial charge in [0, 0.05) is 47.4 Å². The van der Waals surface area contributed by atoms with Crippen LogP contribution in [-0.2, 0) is 28.1 Å². The van der Waals surface area contributed by atoms with Crippen molar-refractivity contribution in [3.05, 3.63) is 94.7 Å². The lowest BCUT2D eigenvalue weighted by Crippen LogP contribution is -2.51. The molecule has 0 radical (unpaired) electrons. The fraction of sp³-hybridized carbons (Fsp3) is 0.364. The van der Waals surface area contributed by atoms with Crippen LogP contribution in [0.3, 0.4) is 0 Å². The van der Waals surface area contributed by atoms with Crippen LogP contribution in [0.1, 0.15) is 24.6 Å². The Hall–Kier alpha value is -3.31. The highest BCUT2D eigenvalue weighted by Gasteiger charge is 2.66. The van der Waals surface area contributed by atoms with E-state index in [0.29, 0.717) is 19.4 Å². The van der Waals surface area contributed by atoms with E-state index in [1.165, 1.54) is 5.19 Å². The van der Waals surface area contributed by atoms with Crippen LogP contribution in [0.2, 0.25) is 18.6 Å². The summed E-state index contributed by atoms with van der Waals surface area (Å²) in [5.41, 5.74) is 2.33. The monoisotopic (exact) mass is 660 g/mol. The minimum Gasteiger partial charge on any atom is -0.497 e. The van der Waals surface area contributed by atoms with E-state index in [9.17, 15) is 9.90 Å². The number of hydrogen-bond acceptors (Lipinski definition) is 6. The molecular weight excluding hydrogens is 624 g/mol. The molecule has 1 spiro atoms. The molecule has 4 atom stereocenters. The van der Waals surface area contributed by atoms with Crippen molar-refractivity contribution in [2.75, 3.05) is 18.6 Å². The molecule has 1 aromatic heterocycles. The maximum Gasteiger partial charge on any atom is 0.268 e. The van der Waals surface area contributed by atoms with Crippen molar-refractivity contribution in [3.8, 4) is 5.75 Å². The summed E-state index contributed by atoms with van der Waals surface area (Å²) < 4.78 is 15.4. The number of carbonyl (C=O) groups is 1. The molecule has 1 amide bonds. The maximum atomic E-state index is 14.8. The lowest BCUT2D eigenvalue weighted by molar-refractivity contribution is -0.145. The number of rotatable bonds is 9. The molecule has 6 rings (SSSR count). The molecule has 3 aromatic carbocycles. The third kappa shape index (κ3) is 5.04. The Morgan fingerprint density at radius 2 is 1.84 bits per heavy atom. The third-order valence-electron chi connectivity index (χ3n) is 9.32. The summed E-state index contributed by atoms with van der Waals surface area (Å²) in [6, 6.07) is 24.3. The van der Waals surface area contributed by atoms with E-state index in [0.717, 1.165) is 32.9 Å². The number of benzene rings is 3. The summed E-state index contributed by atoms with van der Waals surface area (Å²) in [6.45, 7) is 7.60. The van der Waals surface area contributed by atoms with Gasteiger partial charge in [-0.2, -0.15) is 0 Å². The molecule has 8 nitrogen and oxygen atoms in total. The predicted octanol–water partition coefficient (Wildman–Crippen LogP) is 5.57. The molecule has 1 N–H and O–H groups in total. The first-order valence-electron chi connectivity index (χ1n) is 14.7. The van der Waals surface area contributed by atoms with Crippen LogP contribution in [-0.4, -0.2) is 53.9 Å². The standard InChI is InChI=1S/C33H37BrN4O4Si/c1-22-31(43(3,4)27-13-11-26(41-2)12-14-27)30(16-18-37-21-24(17-19-39)35-36-37)42-33(22)28-20-23(34)10-15-29(28)38(32(33)40)25-8-6-5-7-9-25/h5-15,20-22,30-31,39H,16-19H2,1-4H3/t22-,30+,31-,33+/m1/s1. The van der Waals surface area contributed by atoms with E-state index in [1.54, 1.807) is 7.11 Å². The number of fused-ring (bicyclic) bond motifs is 2. The molecule has 0 saturated carbocycles. The van der Waals surface area contributed by atoms with Crippen LogP contribution in [0.25, 0.3) is 0 Å². The highest BCUT2D eigenvalue weighted by atomic mass is 79.9. The molecule has 0 unspecified atom stereocenters. The van der Waals surface area contributed by atoms with Gasteiger partial charge in [0.1, 0.15) is 5.75 Å². The predicted molar refractivity (Wildman–Crippen MR) is 173 cm³/mol. The Balaban J connectivity index is 1.44. The number of aliphatic hydroxyl groups is 1. The second kappa shape index (κ2) is 11.6. The number of methoxy groups -OCH3 is 1. The molecular formula is C33H37BrN4O4Si. The van der Waals surface area contributed by atoms with Crippen molar-refractivity contribution in [1.29, 1.82) is 0 Å². The smallest absolute Gasteiger partial charge is 0.268 e. The number of para-hydroxylation sites is 1. The van der Waals surface area contributed by atoms with Gasteiger partial charge in [-0.3, -0.25) is 14.4 Å². The van der Waals surface area contributed by atoms with Crippen LogP contribution >= 0.6 is 15.9 Å². The Bertz CT molecular complexity index is 1610. The summed E-state index contributed by atoms with van der Waals surface area (Å²) in [6.07, 6.45) is 2.83. The lowest BCUT2D eigenvalue weighted by atomic mass is 9.82. The first-order valence-corrected chi connectivity index (χ1v) is 18.6. The zero-order valence-electron chi connectivity index (χ0n) is 24.9. The fourth-order valence-electron chi connectivity index (χ4n) is 7.25. The highest BCUT2D eigenvalue weighted by Crippen LogP contribution is 2.61. The zero-order valence-corrected chi connectivity index (χ0v) is 27.5. The van der Waals surface area contributed by atoms with Crippen molar-refractivity contribution in [2.24, 2.45) is 5.92 Å². The van der Waals surface area contributed by atoms with E-state index < -0.39 is 13.7 Å². The maximum absolute atomic E-state index is 14.8. The van der Waals surface area contributed by atoms with Crippen LogP contribution in [0.5, 0.6) is 5.75 Å². The summed E-state index contributed by atoms with van der Waals surface area (Å²) in [5, 5.41) is 19.1. The summed E-state index contributed by atoms with van der Waals surface area (Å²) in [5.74, 6) is 0.680. The number of amides is 1. The van der Waals surface area contributed by atoms with Crippen molar-refractivity contribution in [2.45, 2.75) is 56.7 Å². The zero-order chi connectivity index (χ0) is 30.4. The minimum atomic E-state index is -2.25. The number of ether oxygens (including phenoxy) is 2. The van der Waals surface area contributed by atoms with Gasteiger partial charge in [-0.25, -0.2) is 0 Å². The molecule has 2 aliphatic heterocycles. The first-order chi connectivity index (χ1) is 20.7. The lowest BCUT2D eigenvalue weighted by Gasteiger charge is -2.37. The number of anilines is 2. The van der Waals surface area contributed by atoms with Crippen LogP contribution in [0.4, 0.5) is 11.4 Å². The van der Waals surface area contributed by atoms with Gasteiger partial charge >= 0.3 is 0 Å². The summed E-state index contributed by atoms with van der Waals surface area (Å²) >= 11 is 3.68. The number of aliphatic hydroxyl groups excluding tert-OH is 1. The van der Waals surface area contributed by atoms with Gasteiger partial charge in [0.05, 0.1) is 32.7 Å². The molecule has 224 valence electrons. The van der Waals surface area contributed by atoms with E-state index >= 15 is 0 Å². The molecule has 10 heteroatoms. The van der Waals surface area contributed by atoms with Crippen molar-refractivity contribution in [1.82, 2.24) is 15.0 Å². The normalized spacial score (nSPS) is 23.3. The summed E-state index contributed by atoms with van der Waals surface area (Å²) in [7, 11) is -0.574. The van der Waals surface area contributed by atoms with E-state index in [-0.39, 0.29) is 30.1 Å². The molecule has 1 fully saturated rings. The number of hydrogen-bond donors (Lipinski definition) is 1. The quantitative estimate of drug-likeness (QED) is 0.236. The molecule has 4 aromatic rings. The van der Waals surface area contributed by atoms with Gasteiger partial charge in [-0.15, -0.1) is 5.10 Å². The molecule has 1 saturated heterocycles. The van der Waals surface area contributed by atoms with Crippen molar-refractivity contribution >= 4 is 46.5 Å². The van der Waals surface area contributed by atoms with Crippen molar-refractivity contribution < 1.29 is 19.4 Å². The average Bonchev–Trinajstić information content (AvgIpc) is 3.66. The van der Waals surface area contributed by atoms with Crippen LogP contribution < -0.4 is 14.8 Å². The van der Waals surface area contributed by atoms with Gasteiger partial charge in [-0.1, -0.05) is 76.7 Å². The van der Waals surface area contributed by atoms with Gasteiger partial charge in [-0.05, 0) is 54.4 Å². The van der Waals surface area contributed by atoms with E-state index in [4.69, 9.17) is 9.47 Å². The Labute approximate surface area is 261 Å².